The van der Waals surface area contributed by atoms with Crippen LogP contribution in [0.4, 0.5) is 0 Å². The Morgan fingerprint density at radius 2 is 1.71 bits per heavy atom. The predicted octanol–water partition coefficient (Wildman–Crippen LogP) is 1.83. The zero-order chi connectivity index (χ0) is 34.1. The first-order chi connectivity index (χ1) is 22.5. The zero-order valence-electron chi connectivity index (χ0n) is 28.3. The van der Waals surface area contributed by atoms with Crippen molar-refractivity contribution in [3.05, 3.63) is 11.6 Å². The third-order valence-electron chi connectivity index (χ3n) is 13.9. The van der Waals surface area contributed by atoms with Gasteiger partial charge in [-0.1, -0.05) is 13.0 Å². The number of carbonyl (C=O) groups is 4. The van der Waals surface area contributed by atoms with E-state index in [0.717, 1.165) is 0 Å². The molecule has 0 aromatic heterocycles. The normalized spacial score (nSPS) is 56.2. The average Bonchev–Trinajstić information content (AvgIpc) is 3.71. The molecule has 9 rings (SSSR count). The maximum Gasteiger partial charge on any atom is 0.341 e. The van der Waals surface area contributed by atoms with Gasteiger partial charge in [0.2, 0.25) is 0 Å². The van der Waals surface area contributed by atoms with Gasteiger partial charge in [0, 0.05) is 37.2 Å². The van der Waals surface area contributed by atoms with E-state index in [1.54, 1.807) is 26.8 Å². The van der Waals surface area contributed by atoms with Crippen LogP contribution in [0.5, 0.6) is 0 Å². The largest absolute Gasteiger partial charge is 0.459 e. The SMILES string of the molecule is C/C=C(/C)C(=O)O[C@@H]1C[C@H]2C(C)(C)O[C@@H]3CC(=O)O[C@@]32C[C@@]2(O)C[C@H](OC(C)=O)[C@]34O[C@H]([C@H]5OC(=O)[C@@]6(C)O[C@@H]56)[C@@H](C)[C@H]3C[C@@H]3O[C@@]34[C@H]12. The molecule has 0 amide bonds. The molecule has 3 spiro atoms. The van der Waals surface area contributed by atoms with Crippen LogP contribution in [0.15, 0.2) is 11.6 Å². The fourth-order valence-electron chi connectivity index (χ4n) is 11.9. The van der Waals surface area contributed by atoms with Crippen LogP contribution in [0, 0.1) is 23.7 Å². The Morgan fingerprint density at radius 1 is 0.958 bits per heavy atom. The number of rotatable bonds is 4. The van der Waals surface area contributed by atoms with E-state index in [1.165, 1.54) is 6.92 Å². The summed E-state index contributed by atoms with van der Waals surface area (Å²) in [4.78, 5) is 52.1. The molecule has 0 radical (unpaired) electrons. The van der Waals surface area contributed by atoms with Crippen LogP contribution >= 0.6 is 0 Å². The molecule has 0 aromatic rings. The summed E-state index contributed by atoms with van der Waals surface area (Å²) in [6, 6.07) is 0. The van der Waals surface area contributed by atoms with E-state index in [9.17, 15) is 24.3 Å². The van der Waals surface area contributed by atoms with E-state index >= 15 is 0 Å². The van der Waals surface area contributed by atoms with E-state index in [4.69, 9.17) is 37.9 Å². The third-order valence-corrected chi connectivity index (χ3v) is 13.9. The topological polar surface area (TPSA) is 169 Å². The Hall–Kier alpha value is -2.58. The highest BCUT2D eigenvalue weighted by Crippen LogP contribution is 2.77. The number of hydrogen-bond donors (Lipinski definition) is 1. The highest BCUT2D eigenvalue weighted by Gasteiger charge is 2.92. The van der Waals surface area contributed by atoms with Crippen molar-refractivity contribution in [2.75, 3.05) is 0 Å². The first-order valence-corrected chi connectivity index (χ1v) is 17.3. The Morgan fingerprint density at radius 3 is 2.35 bits per heavy atom. The highest BCUT2D eigenvalue weighted by atomic mass is 16.7. The van der Waals surface area contributed by atoms with Crippen molar-refractivity contribution in [2.24, 2.45) is 23.7 Å². The summed E-state index contributed by atoms with van der Waals surface area (Å²) in [5.41, 5.74) is -6.76. The van der Waals surface area contributed by atoms with Crippen molar-refractivity contribution < 1.29 is 62.2 Å². The Balaban J connectivity index is 1.20. The summed E-state index contributed by atoms with van der Waals surface area (Å²) < 4.78 is 50.8. The van der Waals surface area contributed by atoms with E-state index < -0.39 is 106 Å². The molecular weight excluding hydrogens is 628 g/mol. The Kier molecular flexibility index (Phi) is 6.02. The Bertz CT molecular complexity index is 1570. The van der Waals surface area contributed by atoms with E-state index in [1.807, 2.05) is 20.8 Å². The van der Waals surface area contributed by atoms with Gasteiger partial charge in [-0.05, 0) is 53.4 Å². The van der Waals surface area contributed by atoms with Crippen LogP contribution in [-0.4, -0.2) is 105 Å². The standard InChI is InChI=1S/C35H44O13/c1-8-14(2)28(38)42-18-10-19-30(5,6)44-20-11-23(37)46-33(19,20)13-32(40)12-22(41-16(4)36)34-17(9-21-35(34,45-21)26(18)32)15(3)24(47-34)25-27-31(7,48-27)29(39)43-25/h8,15,17-22,24-27,40H,9-13H2,1-7H3/b14-8-/t15-,17+,18+,19-,20+,21-,22-,24-,25+,26+,27-,31-,32-,33+,34+,35+/m0/s1. The van der Waals surface area contributed by atoms with Crippen molar-refractivity contribution in [2.45, 2.75) is 157 Å². The summed E-state index contributed by atoms with van der Waals surface area (Å²) in [6.45, 7) is 12.4. The van der Waals surface area contributed by atoms with Crippen LogP contribution in [0.1, 0.15) is 80.6 Å². The molecule has 6 heterocycles. The lowest BCUT2D eigenvalue weighted by Crippen LogP contribution is -2.73. The number of aliphatic hydroxyl groups is 1. The molecule has 3 saturated carbocycles. The lowest BCUT2D eigenvalue weighted by molar-refractivity contribution is -0.276. The van der Waals surface area contributed by atoms with Gasteiger partial charge in [-0.25, -0.2) is 9.59 Å². The van der Waals surface area contributed by atoms with E-state index in [2.05, 4.69) is 0 Å². The maximum atomic E-state index is 13.6. The molecule has 262 valence electrons. The van der Waals surface area contributed by atoms with Gasteiger partial charge >= 0.3 is 23.9 Å². The van der Waals surface area contributed by atoms with Crippen LogP contribution in [0.2, 0.25) is 0 Å². The van der Waals surface area contributed by atoms with Gasteiger partial charge in [0.25, 0.3) is 0 Å². The number of allylic oxidation sites excluding steroid dienone is 1. The minimum Gasteiger partial charge on any atom is -0.459 e. The highest BCUT2D eigenvalue weighted by molar-refractivity contribution is 5.88. The van der Waals surface area contributed by atoms with E-state index in [-0.39, 0.29) is 43.6 Å². The van der Waals surface area contributed by atoms with Crippen LogP contribution in [0.3, 0.4) is 0 Å². The summed E-state index contributed by atoms with van der Waals surface area (Å²) >= 11 is 0. The van der Waals surface area contributed by atoms with Gasteiger partial charge in [0.05, 0.1) is 29.6 Å². The fourth-order valence-corrected chi connectivity index (χ4v) is 11.9. The smallest absolute Gasteiger partial charge is 0.341 e. The minimum atomic E-state index is -1.70. The molecule has 13 heteroatoms. The molecule has 0 unspecified atom stereocenters. The second-order valence-electron chi connectivity index (χ2n) is 16.6. The van der Waals surface area contributed by atoms with Crippen LogP contribution < -0.4 is 0 Å². The minimum absolute atomic E-state index is 0.0182. The molecular formula is C35H44O13. The molecule has 9 aliphatic rings. The average molecular weight is 673 g/mol. The summed E-state index contributed by atoms with van der Waals surface area (Å²) in [5.74, 6) is -3.56. The number of epoxide rings is 2. The van der Waals surface area contributed by atoms with Crippen molar-refractivity contribution in [1.29, 1.82) is 0 Å². The predicted molar refractivity (Wildman–Crippen MR) is 159 cm³/mol. The summed E-state index contributed by atoms with van der Waals surface area (Å²) in [6.07, 6.45) is -2.22. The number of cyclic esters (lactones) is 1. The quantitative estimate of drug-likeness (QED) is 0.199. The second kappa shape index (κ2) is 9.20. The molecule has 3 aliphatic carbocycles. The third kappa shape index (κ3) is 3.55. The first kappa shape index (κ1) is 31.4. The van der Waals surface area contributed by atoms with Gasteiger partial charge in [0.1, 0.15) is 47.3 Å². The molecule has 1 N–H and O–H groups in total. The molecule has 13 nitrogen and oxygen atoms in total. The van der Waals surface area contributed by atoms with Crippen molar-refractivity contribution in [3.8, 4) is 0 Å². The summed E-state index contributed by atoms with van der Waals surface area (Å²) in [5, 5.41) is 13.2. The molecule has 9 fully saturated rings. The molecule has 0 bridgehead atoms. The fraction of sp³-hybridized carbons (Fsp3) is 0.829. The van der Waals surface area contributed by atoms with Gasteiger partial charge in [-0.3, -0.25) is 9.59 Å². The van der Waals surface area contributed by atoms with Gasteiger partial charge in [0.15, 0.2) is 11.7 Å². The molecule has 6 aliphatic heterocycles. The van der Waals surface area contributed by atoms with Gasteiger partial charge in [-0.2, -0.15) is 0 Å². The second-order valence-corrected chi connectivity index (χ2v) is 16.6. The molecule has 48 heavy (non-hydrogen) atoms. The van der Waals surface area contributed by atoms with Gasteiger partial charge in [-0.15, -0.1) is 0 Å². The number of hydrogen-bond acceptors (Lipinski definition) is 13. The number of ether oxygens (including phenoxy) is 8. The van der Waals surface area contributed by atoms with E-state index in [0.29, 0.717) is 12.0 Å². The number of fused-ring (bicyclic) bond motifs is 2. The van der Waals surface area contributed by atoms with Crippen molar-refractivity contribution in [3.63, 3.8) is 0 Å². The summed E-state index contributed by atoms with van der Waals surface area (Å²) in [7, 11) is 0. The van der Waals surface area contributed by atoms with Crippen LogP contribution in [0.25, 0.3) is 0 Å². The lowest BCUT2D eigenvalue weighted by atomic mass is 9.55. The monoisotopic (exact) mass is 672 g/mol. The van der Waals surface area contributed by atoms with Crippen LogP contribution in [-0.2, 0) is 57.1 Å². The number of carbonyl (C=O) groups excluding carboxylic acids is 4. The molecule has 0 aromatic carbocycles. The maximum absolute atomic E-state index is 13.6. The zero-order valence-corrected chi connectivity index (χ0v) is 28.3. The Labute approximate surface area is 278 Å². The van der Waals surface area contributed by atoms with Gasteiger partial charge < -0.3 is 43.0 Å². The molecule has 6 saturated heterocycles. The van der Waals surface area contributed by atoms with Crippen molar-refractivity contribution >= 4 is 23.9 Å². The first-order valence-electron chi connectivity index (χ1n) is 17.3. The van der Waals surface area contributed by atoms with Crippen molar-refractivity contribution in [1.82, 2.24) is 0 Å². The molecule has 16 atom stereocenters. The number of esters is 4. The lowest BCUT2D eigenvalue weighted by Gasteiger charge is -2.56.